The van der Waals surface area contributed by atoms with Crippen LogP contribution in [0.3, 0.4) is 0 Å². The number of hydrogen-bond donors (Lipinski definition) is 1. The van der Waals surface area contributed by atoms with Crippen LogP contribution in [0.15, 0.2) is 12.5 Å². The first-order valence-corrected chi connectivity index (χ1v) is 7.30. The van der Waals surface area contributed by atoms with Crippen molar-refractivity contribution in [3.05, 3.63) is 18.2 Å². The standard InChI is InChI=1S/C14H23N3O3/c1-3-5-6-19-14(18)17-12(9-20-13(17)4-2)7-11-8-15-10-16-11/h8,10,12-13H,3-7,9H2,1-2H3,(H,15,16)/t12-,13-/m0/s1. The van der Waals surface area contributed by atoms with E-state index in [4.69, 9.17) is 9.47 Å². The van der Waals surface area contributed by atoms with Crippen LogP contribution in [0.5, 0.6) is 0 Å². The Morgan fingerprint density at radius 3 is 3.10 bits per heavy atom. The maximum Gasteiger partial charge on any atom is 0.412 e. The van der Waals surface area contributed by atoms with Crippen LogP contribution in [0.1, 0.15) is 38.8 Å². The van der Waals surface area contributed by atoms with E-state index in [-0.39, 0.29) is 18.4 Å². The second-order valence-electron chi connectivity index (χ2n) is 5.01. The summed E-state index contributed by atoms with van der Waals surface area (Å²) in [7, 11) is 0. The van der Waals surface area contributed by atoms with E-state index < -0.39 is 0 Å². The molecule has 0 unspecified atom stereocenters. The van der Waals surface area contributed by atoms with Crippen molar-refractivity contribution in [2.75, 3.05) is 13.2 Å². The van der Waals surface area contributed by atoms with Crippen molar-refractivity contribution in [2.45, 2.75) is 51.8 Å². The molecular weight excluding hydrogens is 258 g/mol. The molecule has 1 fully saturated rings. The molecular formula is C14H23N3O3. The van der Waals surface area contributed by atoms with Gasteiger partial charge in [0, 0.05) is 18.3 Å². The molecule has 0 aromatic carbocycles. The SMILES string of the molecule is CCCCOC(=O)N1[C@@H](Cc2cnc[nH]2)CO[C@H]1CC. The van der Waals surface area contributed by atoms with E-state index in [1.807, 2.05) is 6.92 Å². The third-order valence-corrected chi connectivity index (χ3v) is 3.48. The number of carbonyl (C=O) groups excluding carboxylic acids is 1. The largest absolute Gasteiger partial charge is 0.449 e. The number of amides is 1. The van der Waals surface area contributed by atoms with Gasteiger partial charge in [-0.1, -0.05) is 20.3 Å². The van der Waals surface area contributed by atoms with Gasteiger partial charge in [-0.25, -0.2) is 9.78 Å². The highest BCUT2D eigenvalue weighted by molar-refractivity contribution is 5.68. The Hall–Kier alpha value is -1.56. The maximum absolute atomic E-state index is 12.2. The fraction of sp³-hybridized carbons (Fsp3) is 0.714. The van der Waals surface area contributed by atoms with Gasteiger partial charge >= 0.3 is 6.09 Å². The van der Waals surface area contributed by atoms with Gasteiger partial charge in [-0.3, -0.25) is 4.90 Å². The summed E-state index contributed by atoms with van der Waals surface area (Å²) in [6.45, 7) is 5.09. The van der Waals surface area contributed by atoms with Gasteiger partial charge in [-0.2, -0.15) is 0 Å². The Labute approximate surface area is 119 Å². The number of aromatic nitrogens is 2. The Morgan fingerprint density at radius 1 is 1.60 bits per heavy atom. The number of H-pyrrole nitrogens is 1. The zero-order valence-corrected chi connectivity index (χ0v) is 12.2. The molecule has 0 spiro atoms. The van der Waals surface area contributed by atoms with Crippen LogP contribution in [0.4, 0.5) is 4.79 Å². The molecule has 1 aliphatic rings. The lowest BCUT2D eigenvalue weighted by Crippen LogP contribution is -2.43. The molecule has 1 aromatic heterocycles. The van der Waals surface area contributed by atoms with Crippen molar-refractivity contribution in [3.63, 3.8) is 0 Å². The van der Waals surface area contributed by atoms with Gasteiger partial charge in [-0.15, -0.1) is 0 Å². The number of imidazole rings is 1. The number of ether oxygens (including phenoxy) is 2. The van der Waals surface area contributed by atoms with E-state index in [1.54, 1.807) is 17.4 Å². The van der Waals surface area contributed by atoms with Crippen molar-refractivity contribution in [2.24, 2.45) is 0 Å². The molecule has 1 amide bonds. The van der Waals surface area contributed by atoms with Gasteiger partial charge in [0.05, 0.1) is 25.6 Å². The molecule has 112 valence electrons. The average molecular weight is 281 g/mol. The number of nitrogens with one attached hydrogen (secondary N) is 1. The van der Waals surface area contributed by atoms with Crippen molar-refractivity contribution < 1.29 is 14.3 Å². The molecule has 0 aliphatic carbocycles. The number of rotatable bonds is 6. The van der Waals surface area contributed by atoms with E-state index in [1.165, 1.54) is 0 Å². The minimum Gasteiger partial charge on any atom is -0.449 e. The Bertz CT molecular complexity index is 408. The summed E-state index contributed by atoms with van der Waals surface area (Å²) < 4.78 is 11.0. The normalized spacial score (nSPS) is 22.2. The summed E-state index contributed by atoms with van der Waals surface area (Å²) in [4.78, 5) is 21.0. The van der Waals surface area contributed by atoms with E-state index in [0.717, 1.165) is 25.0 Å². The van der Waals surface area contributed by atoms with Crippen LogP contribution in [0, 0.1) is 0 Å². The van der Waals surface area contributed by atoms with Crippen LogP contribution in [0.25, 0.3) is 0 Å². The third kappa shape index (κ3) is 3.50. The minimum absolute atomic E-state index is 0.00882. The van der Waals surface area contributed by atoms with Crippen molar-refractivity contribution in [3.8, 4) is 0 Å². The third-order valence-electron chi connectivity index (χ3n) is 3.48. The smallest absolute Gasteiger partial charge is 0.412 e. The quantitative estimate of drug-likeness (QED) is 0.813. The highest BCUT2D eigenvalue weighted by Crippen LogP contribution is 2.23. The zero-order chi connectivity index (χ0) is 14.4. The second-order valence-corrected chi connectivity index (χ2v) is 5.01. The van der Waals surface area contributed by atoms with Gasteiger partial charge in [0.25, 0.3) is 0 Å². The maximum atomic E-state index is 12.2. The van der Waals surface area contributed by atoms with Gasteiger partial charge in [0.2, 0.25) is 0 Å². The minimum atomic E-state index is -0.271. The van der Waals surface area contributed by atoms with Crippen molar-refractivity contribution in [1.82, 2.24) is 14.9 Å². The molecule has 6 nitrogen and oxygen atoms in total. The molecule has 1 aliphatic heterocycles. The monoisotopic (exact) mass is 281 g/mol. The predicted molar refractivity (Wildman–Crippen MR) is 74.2 cm³/mol. The first kappa shape index (κ1) is 14.8. The highest BCUT2D eigenvalue weighted by Gasteiger charge is 2.38. The summed E-state index contributed by atoms with van der Waals surface area (Å²) in [5.41, 5.74) is 1.00. The number of carbonyl (C=O) groups is 1. The fourth-order valence-corrected chi connectivity index (χ4v) is 2.38. The molecule has 2 heterocycles. The lowest BCUT2D eigenvalue weighted by Gasteiger charge is -2.26. The molecule has 6 heteroatoms. The summed E-state index contributed by atoms with van der Waals surface area (Å²) in [5, 5.41) is 0. The second kappa shape index (κ2) is 7.28. The molecule has 0 saturated carbocycles. The number of unbranched alkanes of at least 4 members (excludes halogenated alkanes) is 1. The Balaban J connectivity index is 1.97. The van der Waals surface area contributed by atoms with Crippen LogP contribution in [-0.4, -0.2) is 46.4 Å². The molecule has 1 saturated heterocycles. The van der Waals surface area contributed by atoms with E-state index >= 15 is 0 Å². The molecule has 20 heavy (non-hydrogen) atoms. The van der Waals surface area contributed by atoms with E-state index in [2.05, 4.69) is 16.9 Å². The Kier molecular flexibility index (Phi) is 5.40. The van der Waals surface area contributed by atoms with Crippen molar-refractivity contribution >= 4 is 6.09 Å². The summed E-state index contributed by atoms with van der Waals surface area (Å²) in [6, 6.07) is 0.00882. The summed E-state index contributed by atoms with van der Waals surface area (Å²) in [6.07, 6.45) is 6.35. The highest BCUT2D eigenvalue weighted by atomic mass is 16.6. The Morgan fingerprint density at radius 2 is 2.45 bits per heavy atom. The molecule has 2 rings (SSSR count). The van der Waals surface area contributed by atoms with Gasteiger partial charge in [-0.05, 0) is 12.8 Å². The fourth-order valence-electron chi connectivity index (χ4n) is 2.38. The van der Waals surface area contributed by atoms with Crippen LogP contribution < -0.4 is 0 Å². The predicted octanol–water partition coefficient (Wildman–Crippen LogP) is 2.33. The molecule has 0 bridgehead atoms. The number of aromatic amines is 1. The average Bonchev–Trinajstić information content (AvgIpc) is 3.08. The van der Waals surface area contributed by atoms with Crippen molar-refractivity contribution in [1.29, 1.82) is 0 Å². The summed E-state index contributed by atoms with van der Waals surface area (Å²) >= 11 is 0. The molecule has 1 aromatic rings. The number of nitrogens with zero attached hydrogens (tertiary/aromatic N) is 2. The first-order valence-electron chi connectivity index (χ1n) is 7.30. The van der Waals surface area contributed by atoms with Gasteiger partial charge in [0.15, 0.2) is 0 Å². The molecule has 1 N–H and O–H groups in total. The van der Waals surface area contributed by atoms with Crippen LogP contribution >= 0.6 is 0 Å². The lowest BCUT2D eigenvalue weighted by molar-refractivity contribution is 0.0188. The van der Waals surface area contributed by atoms with E-state index in [0.29, 0.717) is 19.6 Å². The van der Waals surface area contributed by atoms with Gasteiger partial charge < -0.3 is 14.5 Å². The summed E-state index contributed by atoms with van der Waals surface area (Å²) in [5.74, 6) is 0. The van der Waals surface area contributed by atoms with Crippen LogP contribution in [0.2, 0.25) is 0 Å². The van der Waals surface area contributed by atoms with E-state index in [9.17, 15) is 4.79 Å². The topological polar surface area (TPSA) is 67.5 Å². The number of hydrogen-bond acceptors (Lipinski definition) is 4. The zero-order valence-electron chi connectivity index (χ0n) is 12.2. The molecule has 0 radical (unpaired) electrons. The van der Waals surface area contributed by atoms with Crippen LogP contribution in [-0.2, 0) is 15.9 Å². The first-order chi connectivity index (χ1) is 9.76. The molecule has 2 atom stereocenters. The van der Waals surface area contributed by atoms with Gasteiger partial charge in [0.1, 0.15) is 6.23 Å². The lowest BCUT2D eigenvalue weighted by atomic mass is 10.1.